The highest BCUT2D eigenvalue weighted by Gasteiger charge is 2.25. The zero-order valence-electron chi connectivity index (χ0n) is 14.2. The van der Waals surface area contributed by atoms with Crippen LogP contribution in [0, 0.1) is 11.6 Å². The van der Waals surface area contributed by atoms with Crippen LogP contribution in [-0.4, -0.2) is 65.5 Å². The molecule has 0 radical (unpaired) electrons. The second-order valence-electron chi connectivity index (χ2n) is 6.14. The topological polar surface area (TPSA) is 72.9 Å². The van der Waals surface area contributed by atoms with Gasteiger partial charge in [-0.3, -0.25) is 19.4 Å². The number of amides is 1. The maximum atomic E-state index is 13.1. The van der Waals surface area contributed by atoms with Crippen LogP contribution in [0.1, 0.15) is 19.8 Å². The van der Waals surface area contributed by atoms with E-state index in [4.69, 9.17) is 5.11 Å². The van der Waals surface area contributed by atoms with Gasteiger partial charge in [-0.15, -0.1) is 0 Å². The van der Waals surface area contributed by atoms with E-state index in [0.717, 1.165) is 25.0 Å². The Balaban J connectivity index is 1.79. The first kappa shape index (κ1) is 19.3. The molecule has 0 spiro atoms. The highest BCUT2D eigenvalue weighted by molar-refractivity contribution is 5.92. The lowest BCUT2D eigenvalue weighted by Crippen LogP contribution is -2.48. The number of hydrogen-bond acceptors (Lipinski definition) is 4. The van der Waals surface area contributed by atoms with Gasteiger partial charge in [-0.25, -0.2) is 8.78 Å². The van der Waals surface area contributed by atoms with Gasteiger partial charge in [-0.2, -0.15) is 0 Å². The Morgan fingerprint density at radius 2 is 1.96 bits per heavy atom. The number of nitrogens with one attached hydrogen (secondary N) is 1. The number of benzene rings is 1. The number of aliphatic carboxylic acids is 1. The van der Waals surface area contributed by atoms with Gasteiger partial charge in [0.15, 0.2) is 11.6 Å². The van der Waals surface area contributed by atoms with Gasteiger partial charge in [0, 0.05) is 30.9 Å². The minimum absolute atomic E-state index is 0.0256. The smallest absolute Gasteiger partial charge is 0.317 e. The summed E-state index contributed by atoms with van der Waals surface area (Å²) in [6.45, 7) is 4.17. The van der Waals surface area contributed by atoms with Crippen molar-refractivity contribution in [3.05, 3.63) is 29.8 Å². The van der Waals surface area contributed by atoms with Gasteiger partial charge in [-0.05, 0) is 31.5 Å². The Labute approximate surface area is 145 Å². The molecule has 1 aliphatic heterocycles. The molecule has 8 heteroatoms. The van der Waals surface area contributed by atoms with Gasteiger partial charge in [-0.1, -0.05) is 6.92 Å². The average Bonchev–Trinajstić information content (AvgIpc) is 2.56. The number of likely N-dealkylation sites (tertiary alicyclic amines) is 1. The van der Waals surface area contributed by atoms with Gasteiger partial charge >= 0.3 is 5.97 Å². The van der Waals surface area contributed by atoms with E-state index in [1.54, 1.807) is 0 Å². The van der Waals surface area contributed by atoms with Gasteiger partial charge in [0.2, 0.25) is 5.91 Å². The van der Waals surface area contributed by atoms with Crippen LogP contribution >= 0.6 is 0 Å². The van der Waals surface area contributed by atoms with Crippen LogP contribution in [0.25, 0.3) is 0 Å². The summed E-state index contributed by atoms with van der Waals surface area (Å²) in [6.07, 6.45) is 1.58. The van der Waals surface area contributed by atoms with Crippen LogP contribution in [0.2, 0.25) is 0 Å². The van der Waals surface area contributed by atoms with E-state index in [0.29, 0.717) is 19.6 Å². The predicted octanol–water partition coefficient (Wildman–Crippen LogP) is 1.77. The molecule has 1 heterocycles. The third-order valence-corrected chi connectivity index (χ3v) is 4.39. The summed E-state index contributed by atoms with van der Waals surface area (Å²) in [7, 11) is 0. The molecule has 0 aromatic heterocycles. The summed E-state index contributed by atoms with van der Waals surface area (Å²) in [5.74, 6) is -3.09. The maximum Gasteiger partial charge on any atom is 0.317 e. The van der Waals surface area contributed by atoms with E-state index in [9.17, 15) is 18.4 Å². The number of rotatable bonds is 7. The van der Waals surface area contributed by atoms with Crippen molar-refractivity contribution in [3.63, 3.8) is 0 Å². The fourth-order valence-electron chi connectivity index (χ4n) is 3.09. The highest BCUT2D eigenvalue weighted by atomic mass is 19.2. The standard InChI is InChI=1S/C17H23F2N3O3/c1-2-22(11-17(24)25)13-5-7-21(8-6-13)10-16(23)20-12-3-4-14(18)15(19)9-12/h3-4,9,13H,2,5-8,10-11H2,1H3,(H,20,23)(H,24,25). The van der Waals surface area contributed by atoms with Crippen molar-refractivity contribution in [2.75, 3.05) is 38.0 Å². The third kappa shape index (κ3) is 5.75. The third-order valence-electron chi connectivity index (χ3n) is 4.39. The lowest BCUT2D eigenvalue weighted by molar-refractivity contribution is -0.139. The SMILES string of the molecule is CCN(CC(=O)O)C1CCN(CC(=O)Nc2ccc(F)c(F)c2)CC1. The van der Waals surface area contributed by atoms with E-state index in [2.05, 4.69) is 5.32 Å². The van der Waals surface area contributed by atoms with Crippen LogP contribution in [0.15, 0.2) is 18.2 Å². The van der Waals surface area contributed by atoms with Crippen molar-refractivity contribution in [1.29, 1.82) is 0 Å². The average molecular weight is 355 g/mol. The van der Waals surface area contributed by atoms with Crippen molar-refractivity contribution >= 4 is 17.6 Å². The molecule has 0 unspecified atom stereocenters. The van der Waals surface area contributed by atoms with Crippen LogP contribution in [-0.2, 0) is 9.59 Å². The quantitative estimate of drug-likeness (QED) is 0.780. The number of carboxylic acid groups (broad SMARTS) is 1. The molecule has 1 aromatic carbocycles. The molecule has 138 valence electrons. The summed E-state index contributed by atoms with van der Waals surface area (Å²) < 4.78 is 26.0. The molecule has 1 aromatic rings. The van der Waals surface area contributed by atoms with Crippen LogP contribution in [0.5, 0.6) is 0 Å². The van der Waals surface area contributed by atoms with Crippen molar-refractivity contribution in [2.45, 2.75) is 25.8 Å². The Morgan fingerprint density at radius 3 is 2.52 bits per heavy atom. The van der Waals surface area contributed by atoms with Crippen LogP contribution < -0.4 is 5.32 Å². The Hall–Kier alpha value is -2.06. The highest BCUT2D eigenvalue weighted by Crippen LogP contribution is 2.17. The molecule has 2 rings (SSSR count). The molecule has 1 saturated heterocycles. The Kier molecular flexibility index (Phi) is 6.83. The minimum atomic E-state index is -1.00. The van der Waals surface area contributed by atoms with Crippen LogP contribution in [0.4, 0.5) is 14.5 Å². The lowest BCUT2D eigenvalue weighted by Gasteiger charge is -2.37. The Bertz CT molecular complexity index is 619. The molecular formula is C17H23F2N3O3. The van der Waals surface area contributed by atoms with E-state index in [1.807, 2.05) is 16.7 Å². The number of halogens is 2. The van der Waals surface area contributed by atoms with Crippen molar-refractivity contribution < 1.29 is 23.5 Å². The molecule has 0 saturated carbocycles. The zero-order valence-corrected chi connectivity index (χ0v) is 14.2. The zero-order chi connectivity index (χ0) is 18.4. The van der Waals surface area contributed by atoms with Crippen molar-refractivity contribution in [3.8, 4) is 0 Å². The molecule has 2 N–H and O–H groups in total. The molecule has 1 fully saturated rings. The van der Waals surface area contributed by atoms with Crippen LogP contribution in [0.3, 0.4) is 0 Å². The normalized spacial score (nSPS) is 16.2. The Morgan fingerprint density at radius 1 is 1.28 bits per heavy atom. The molecule has 0 atom stereocenters. The van der Waals surface area contributed by atoms with E-state index >= 15 is 0 Å². The first-order chi connectivity index (χ1) is 11.9. The number of carboxylic acids is 1. The van der Waals surface area contributed by atoms with E-state index < -0.39 is 17.6 Å². The molecule has 25 heavy (non-hydrogen) atoms. The summed E-state index contributed by atoms with van der Waals surface area (Å²) in [6, 6.07) is 3.43. The first-order valence-corrected chi connectivity index (χ1v) is 8.32. The minimum Gasteiger partial charge on any atom is -0.480 e. The number of piperidine rings is 1. The number of hydrogen-bond donors (Lipinski definition) is 2. The van der Waals surface area contributed by atoms with E-state index in [1.165, 1.54) is 6.07 Å². The number of carbonyl (C=O) groups excluding carboxylic acids is 1. The van der Waals surface area contributed by atoms with Gasteiger partial charge in [0.1, 0.15) is 0 Å². The lowest BCUT2D eigenvalue weighted by atomic mass is 10.0. The maximum absolute atomic E-state index is 13.1. The van der Waals surface area contributed by atoms with E-state index in [-0.39, 0.29) is 30.7 Å². The molecular weight excluding hydrogens is 332 g/mol. The summed E-state index contributed by atoms with van der Waals surface area (Å²) >= 11 is 0. The fourth-order valence-corrected chi connectivity index (χ4v) is 3.09. The van der Waals surface area contributed by atoms with Gasteiger partial charge in [0.25, 0.3) is 0 Å². The van der Waals surface area contributed by atoms with Gasteiger partial charge < -0.3 is 10.4 Å². The largest absolute Gasteiger partial charge is 0.480 e. The monoisotopic (exact) mass is 355 g/mol. The summed E-state index contributed by atoms with van der Waals surface area (Å²) in [4.78, 5) is 26.8. The predicted molar refractivity (Wildman–Crippen MR) is 89.3 cm³/mol. The first-order valence-electron chi connectivity index (χ1n) is 8.32. The number of nitrogens with zero attached hydrogens (tertiary/aromatic N) is 2. The molecule has 1 amide bonds. The van der Waals surface area contributed by atoms with Crippen molar-refractivity contribution in [1.82, 2.24) is 9.80 Å². The number of carbonyl (C=O) groups is 2. The summed E-state index contributed by atoms with van der Waals surface area (Å²) in [5.41, 5.74) is 0.220. The number of likely N-dealkylation sites (N-methyl/N-ethyl adjacent to an activating group) is 1. The number of anilines is 1. The fraction of sp³-hybridized carbons (Fsp3) is 0.529. The second kappa shape index (κ2) is 8.87. The molecule has 6 nitrogen and oxygen atoms in total. The molecule has 0 bridgehead atoms. The molecule has 1 aliphatic rings. The second-order valence-corrected chi connectivity index (χ2v) is 6.14. The molecule has 0 aliphatic carbocycles. The van der Waals surface area contributed by atoms with Gasteiger partial charge in [0.05, 0.1) is 13.1 Å². The summed E-state index contributed by atoms with van der Waals surface area (Å²) in [5, 5.41) is 11.5. The van der Waals surface area contributed by atoms with Crippen molar-refractivity contribution in [2.24, 2.45) is 0 Å².